The van der Waals surface area contributed by atoms with E-state index >= 15 is 0 Å². The third-order valence-corrected chi connectivity index (χ3v) is 3.80. The standard InChI is InChI=1S/C11H11F2N5O4S/c12-11(13)17-4-3-15-10(17)6-16-8-2-1-7(23(14,21)22)5-9(8)18(19)20/h1-5,11,16H,6H2,(H2,14,21,22). The number of nitrogens with zero attached hydrogens (tertiary/aromatic N) is 3. The van der Waals surface area contributed by atoms with Gasteiger partial charge in [-0.25, -0.2) is 18.5 Å². The molecule has 1 aromatic carbocycles. The molecule has 0 amide bonds. The Morgan fingerprint density at radius 3 is 2.70 bits per heavy atom. The maximum absolute atomic E-state index is 12.7. The third-order valence-electron chi connectivity index (χ3n) is 2.89. The van der Waals surface area contributed by atoms with E-state index in [1.54, 1.807) is 0 Å². The number of sulfonamides is 1. The summed E-state index contributed by atoms with van der Waals surface area (Å²) in [5.74, 6) is -0.0372. The number of nitrogens with one attached hydrogen (secondary N) is 1. The van der Waals surface area contributed by atoms with E-state index in [0.29, 0.717) is 4.57 Å². The van der Waals surface area contributed by atoms with Gasteiger partial charge in [-0.1, -0.05) is 0 Å². The number of benzene rings is 1. The fraction of sp³-hybridized carbons (Fsp3) is 0.182. The van der Waals surface area contributed by atoms with Crippen LogP contribution in [0.5, 0.6) is 0 Å². The number of alkyl halides is 2. The summed E-state index contributed by atoms with van der Waals surface area (Å²) in [6.07, 6.45) is 2.24. The Bertz CT molecular complexity index is 837. The molecule has 0 aliphatic rings. The van der Waals surface area contributed by atoms with Gasteiger partial charge in [-0.3, -0.25) is 14.7 Å². The smallest absolute Gasteiger partial charge is 0.319 e. The second-order valence-corrected chi connectivity index (χ2v) is 5.92. The predicted molar refractivity (Wildman–Crippen MR) is 75.3 cm³/mol. The first-order valence-corrected chi connectivity index (χ1v) is 7.59. The minimum Gasteiger partial charge on any atom is -0.372 e. The molecule has 3 N–H and O–H groups in total. The normalized spacial score (nSPS) is 11.7. The first-order valence-electron chi connectivity index (χ1n) is 6.05. The molecular formula is C11H11F2N5O4S. The van der Waals surface area contributed by atoms with Crippen molar-refractivity contribution >= 4 is 21.4 Å². The molecule has 12 heteroatoms. The molecule has 0 unspecified atom stereocenters. The lowest BCUT2D eigenvalue weighted by Crippen LogP contribution is -2.13. The molecule has 0 fully saturated rings. The third kappa shape index (κ3) is 3.78. The molecule has 0 aliphatic carbocycles. The lowest BCUT2D eigenvalue weighted by molar-refractivity contribution is -0.384. The van der Waals surface area contributed by atoms with E-state index in [0.717, 1.165) is 24.4 Å². The van der Waals surface area contributed by atoms with Crippen molar-refractivity contribution in [2.24, 2.45) is 5.14 Å². The molecule has 124 valence electrons. The Morgan fingerprint density at radius 1 is 1.43 bits per heavy atom. The van der Waals surface area contributed by atoms with E-state index in [4.69, 9.17) is 5.14 Å². The van der Waals surface area contributed by atoms with Gasteiger partial charge in [-0.15, -0.1) is 0 Å². The summed E-state index contributed by atoms with van der Waals surface area (Å²) in [5.41, 5.74) is -0.599. The summed E-state index contributed by atoms with van der Waals surface area (Å²) < 4.78 is 48.4. The molecule has 0 atom stereocenters. The van der Waals surface area contributed by atoms with Gasteiger partial charge in [0.05, 0.1) is 16.4 Å². The first-order chi connectivity index (χ1) is 10.7. The summed E-state index contributed by atoms with van der Waals surface area (Å²) >= 11 is 0. The van der Waals surface area contributed by atoms with Gasteiger partial charge in [0, 0.05) is 18.5 Å². The highest BCUT2D eigenvalue weighted by Gasteiger charge is 2.19. The van der Waals surface area contributed by atoms with E-state index in [2.05, 4.69) is 10.3 Å². The van der Waals surface area contributed by atoms with Gasteiger partial charge >= 0.3 is 6.55 Å². The van der Waals surface area contributed by atoms with E-state index < -0.39 is 32.1 Å². The Morgan fingerprint density at radius 2 is 2.13 bits per heavy atom. The fourth-order valence-corrected chi connectivity index (χ4v) is 2.36. The lowest BCUT2D eigenvalue weighted by Gasteiger charge is -2.10. The summed E-state index contributed by atoms with van der Waals surface area (Å²) in [6, 6.07) is 3.00. The van der Waals surface area contributed by atoms with Crippen LogP contribution in [0.15, 0.2) is 35.5 Å². The van der Waals surface area contributed by atoms with E-state index in [9.17, 15) is 27.3 Å². The van der Waals surface area contributed by atoms with Crippen LogP contribution in [-0.4, -0.2) is 22.9 Å². The molecule has 0 spiro atoms. The molecule has 2 aromatic rings. The predicted octanol–water partition coefficient (Wildman–Crippen LogP) is 1.45. The number of rotatable bonds is 6. The molecule has 9 nitrogen and oxygen atoms in total. The highest BCUT2D eigenvalue weighted by molar-refractivity contribution is 7.89. The van der Waals surface area contributed by atoms with Gasteiger partial charge in [0.2, 0.25) is 10.0 Å². The number of nitrogens with two attached hydrogens (primary N) is 1. The van der Waals surface area contributed by atoms with Gasteiger partial charge in [0.15, 0.2) is 0 Å². The maximum Gasteiger partial charge on any atom is 0.319 e. The van der Waals surface area contributed by atoms with Crippen LogP contribution >= 0.6 is 0 Å². The average molecular weight is 347 g/mol. The van der Waals surface area contributed by atoms with E-state index in [1.165, 1.54) is 6.20 Å². The Hall–Kier alpha value is -2.60. The molecule has 0 saturated carbocycles. The second kappa shape index (κ2) is 6.26. The summed E-state index contributed by atoms with van der Waals surface area (Å²) in [5, 5.41) is 18.5. The van der Waals surface area contributed by atoms with Crippen molar-refractivity contribution in [2.45, 2.75) is 18.0 Å². The van der Waals surface area contributed by atoms with Crippen LogP contribution in [0.4, 0.5) is 20.2 Å². The fourth-order valence-electron chi connectivity index (χ4n) is 1.82. The van der Waals surface area contributed by atoms with Crippen LogP contribution < -0.4 is 10.5 Å². The lowest BCUT2D eigenvalue weighted by atomic mass is 10.2. The second-order valence-electron chi connectivity index (χ2n) is 4.36. The number of hydrogen-bond acceptors (Lipinski definition) is 6. The quantitative estimate of drug-likeness (QED) is 0.600. The first kappa shape index (κ1) is 16.8. The van der Waals surface area contributed by atoms with Crippen molar-refractivity contribution < 1.29 is 22.1 Å². The average Bonchev–Trinajstić information content (AvgIpc) is 2.92. The SMILES string of the molecule is NS(=O)(=O)c1ccc(NCc2nccn2C(F)F)c([N+](=O)[O-])c1. The van der Waals surface area contributed by atoms with Gasteiger partial charge in [0.1, 0.15) is 11.5 Å². The van der Waals surface area contributed by atoms with Crippen LogP contribution in [0.2, 0.25) is 0 Å². The molecule has 0 saturated heterocycles. The van der Waals surface area contributed by atoms with E-state index in [-0.39, 0.29) is 18.1 Å². The Labute approximate surface area is 128 Å². The molecule has 2 rings (SSSR count). The van der Waals surface area contributed by atoms with Crippen LogP contribution in [0.3, 0.4) is 0 Å². The number of nitro groups is 1. The van der Waals surface area contributed by atoms with Crippen molar-refractivity contribution in [3.8, 4) is 0 Å². The molecular weight excluding hydrogens is 336 g/mol. The van der Waals surface area contributed by atoms with Crippen molar-refractivity contribution in [3.63, 3.8) is 0 Å². The zero-order valence-electron chi connectivity index (χ0n) is 11.4. The minimum atomic E-state index is -4.10. The van der Waals surface area contributed by atoms with Crippen molar-refractivity contribution in [1.82, 2.24) is 9.55 Å². The number of anilines is 1. The summed E-state index contributed by atoms with van der Waals surface area (Å²) in [6.45, 7) is -3.01. The summed E-state index contributed by atoms with van der Waals surface area (Å²) in [7, 11) is -4.10. The number of hydrogen-bond donors (Lipinski definition) is 2. The minimum absolute atomic E-state index is 0.0372. The number of halogens is 2. The molecule has 0 aliphatic heterocycles. The van der Waals surface area contributed by atoms with Crippen LogP contribution in [-0.2, 0) is 16.6 Å². The molecule has 1 heterocycles. The molecule has 0 radical (unpaired) electrons. The number of aromatic nitrogens is 2. The highest BCUT2D eigenvalue weighted by atomic mass is 32.2. The van der Waals surface area contributed by atoms with Crippen molar-refractivity contribution in [3.05, 3.63) is 46.5 Å². The number of primary sulfonamides is 1. The number of imidazole rings is 1. The number of nitro benzene ring substituents is 1. The monoisotopic (exact) mass is 347 g/mol. The van der Waals surface area contributed by atoms with Gasteiger partial charge in [0.25, 0.3) is 5.69 Å². The van der Waals surface area contributed by atoms with Gasteiger partial charge in [-0.05, 0) is 12.1 Å². The van der Waals surface area contributed by atoms with Crippen molar-refractivity contribution in [2.75, 3.05) is 5.32 Å². The van der Waals surface area contributed by atoms with E-state index in [1.807, 2.05) is 0 Å². The van der Waals surface area contributed by atoms with Crippen LogP contribution in [0, 0.1) is 10.1 Å². The van der Waals surface area contributed by atoms with Crippen LogP contribution in [0.25, 0.3) is 0 Å². The highest BCUT2D eigenvalue weighted by Crippen LogP contribution is 2.27. The maximum atomic E-state index is 12.7. The Kier molecular flexibility index (Phi) is 4.56. The molecule has 0 bridgehead atoms. The van der Waals surface area contributed by atoms with Gasteiger partial charge in [-0.2, -0.15) is 8.78 Å². The largest absolute Gasteiger partial charge is 0.372 e. The van der Waals surface area contributed by atoms with Crippen molar-refractivity contribution in [1.29, 1.82) is 0 Å². The summed E-state index contributed by atoms with van der Waals surface area (Å²) in [4.78, 5) is 13.5. The topological polar surface area (TPSA) is 133 Å². The van der Waals surface area contributed by atoms with Crippen LogP contribution in [0.1, 0.15) is 12.4 Å². The Balaban J connectivity index is 2.29. The zero-order valence-corrected chi connectivity index (χ0v) is 12.2. The molecule has 23 heavy (non-hydrogen) atoms. The zero-order chi connectivity index (χ0) is 17.2. The van der Waals surface area contributed by atoms with Gasteiger partial charge < -0.3 is 5.32 Å². The molecule has 1 aromatic heterocycles.